The third kappa shape index (κ3) is 4.29. The van der Waals surface area contributed by atoms with Crippen molar-refractivity contribution in [3.05, 3.63) is 59.7 Å². The molecule has 6 nitrogen and oxygen atoms in total. The lowest BCUT2D eigenvalue weighted by Crippen LogP contribution is -2.48. The summed E-state index contributed by atoms with van der Waals surface area (Å²) in [5, 5.41) is 9.63. The molecule has 0 radical (unpaired) electrons. The van der Waals surface area contributed by atoms with E-state index in [0.29, 0.717) is 19.0 Å². The van der Waals surface area contributed by atoms with E-state index in [1.807, 2.05) is 41.3 Å². The number of benzene rings is 2. The summed E-state index contributed by atoms with van der Waals surface area (Å²) in [7, 11) is 0. The van der Waals surface area contributed by atoms with Crippen molar-refractivity contribution in [2.24, 2.45) is 0 Å². The molecule has 0 aliphatic carbocycles. The van der Waals surface area contributed by atoms with Crippen LogP contribution in [-0.4, -0.2) is 73.3 Å². The first-order chi connectivity index (χ1) is 13.7. The van der Waals surface area contributed by atoms with E-state index in [1.54, 1.807) is 12.1 Å². The maximum Gasteiger partial charge on any atom is 0.256 e. The summed E-state index contributed by atoms with van der Waals surface area (Å²) < 4.78 is 5.45. The van der Waals surface area contributed by atoms with Gasteiger partial charge in [-0.3, -0.25) is 9.69 Å². The average Bonchev–Trinajstić information content (AvgIpc) is 2.74. The Hall–Kier alpha value is -2.57. The van der Waals surface area contributed by atoms with Gasteiger partial charge in [0, 0.05) is 51.5 Å². The molecular weight excluding hydrogens is 354 g/mol. The molecule has 2 aromatic rings. The molecule has 2 fully saturated rings. The minimum Gasteiger partial charge on any atom is -0.508 e. The van der Waals surface area contributed by atoms with Crippen molar-refractivity contribution in [1.82, 2.24) is 9.80 Å². The summed E-state index contributed by atoms with van der Waals surface area (Å²) in [6, 6.07) is 15.3. The van der Waals surface area contributed by atoms with E-state index >= 15 is 0 Å². The van der Waals surface area contributed by atoms with E-state index in [2.05, 4.69) is 9.80 Å². The van der Waals surface area contributed by atoms with Gasteiger partial charge in [0.25, 0.3) is 5.91 Å². The number of rotatable bonds is 4. The summed E-state index contributed by atoms with van der Waals surface area (Å²) in [5.74, 6) is 0.408. The Morgan fingerprint density at radius 3 is 2.43 bits per heavy atom. The second-order valence-electron chi connectivity index (χ2n) is 7.35. The normalized spacial score (nSPS) is 18.3. The highest BCUT2D eigenvalue weighted by atomic mass is 16.5. The minimum atomic E-state index is 0.110. The number of morpholine rings is 1. The third-order valence-electron chi connectivity index (χ3n) is 5.46. The Bertz CT molecular complexity index is 812. The van der Waals surface area contributed by atoms with Crippen molar-refractivity contribution in [1.29, 1.82) is 0 Å². The molecule has 0 unspecified atom stereocenters. The smallest absolute Gasteiger partial charge is 0.256 e. The van der Waals surface area contributed by atoms with Gasteiger partial charge >= 0.3 is 0 Å². The van der Waals surface area contributed by atoms with Crippen molar-refractivity contribution in [3.8, 4) is 5.75 Å². The van der Waals surface area contributed by atoms with Crippen LogP contribution in [0.2, 0.25) is 0 Å². The number of hydrogen-bond acceptors (Lipinski definition) is 5. The molecule has 6 heteroatoms. The first-order valence-electron chi connectivity index (χ1n) is 9.92. The zero-order valence-electron chi connectivity index (χ0n) is 16.1. The predicted molar refractivity (Wildman–Crippen MR) is 109 cm³/mol. The molecule has 4 rings (SSSR count). The van der Waals surface area contributed by atoms with E-state index < -0.39 is 0 Å². The van der Waals surface area contributed by atoms with Crippen LogP contribution in [0.3, 0.4) is 0 Å². The van der Waals surface area contributed by atoms with Crippen molar-refractivity contribution < 1.29 is 14.6 Å². The highest BCUT2D eigenvalue weighted by Gasteiger charge is 2.25. The van der Waals surface area contributed by atoms with Gasteiger partial charge in [-0.2, -0.15) is 0 Å². The Kier molecular flexibility index (Phi) is 5.78. The van der Waals surface area contributed by atoms with Crippen LogP contribution >= 0.6 is 0 Å². The predicted octanol–water partition coefficient (Wildman–Crippen LogP) is 2.19. The van der Waals surface area contributed by atoms with Gasteiger partial charge < -0.3 is 19.6 Å². The van der Waals surface area contributed by atoms with E-state index in [0.717, 1.165) is 62.6 Å². The number of carbonyl (C=O) groups excluding carboxylic acids is 1. The number of para-hydroxylation sites is 1. The van der Waals surface area contributed by atoms with Crippen LogP contribution in [0.5, 0.6) is 5.75 Å². The zero-order chi connectivity index (χ0) is 19.3. The Morgan fingerprint density at radius 2 is 1.68 bits per heavy atom. The molecule has 1 amide bonds. The molecular formula is C22H27N3O3. The van der Waals surface area contributed by atoms with E-state index in [1.165, 1.54) is 0 Å². The number of piperazine rings is 1. The fraction of sp³-hybridized carbons (Fsp3) is 0.409. The first-order valence-corrected chi connectivity index (χ1v) is 9.92. The van der Waals surface area contributed by atoms with Gasteiger partial charge in [0.1, 0.15) is 5.75 Å². The molecule has 2 aliphatic rings. The van der Waals surface area contributed by atoms with E-state index in [4.69, 9.17) is 4.74 Å². The van der Waals surface area contributed by atoms with Gasteiger partial charge in [-0.05, 0) is 29.8 Å². The number of carbonyl (C=O) groups is 1. The van der Waals surface area contributed by atoms with Crippen LogP contribution in [0.25, 0.3) is 0 Å². The van der Waals surface area contributed by atoms with Crippen LogP contribution in [0.1, 0.15) is 15.9 Å². The van der Waals surface area contributed by atoms with Gasteiger partial charge in [-0.1, -0.05) is 24.3 Å². The fourth-order valence-corrected chi connectivity index (χ4v) is 3.93. The lowest BCUT2D eigenvalue weighted by atomic mass is 10.1. The second kappa shape index (κ2) is 8.63. The molecule has 0 atom stereocenters. The number of nitrogens with zero attached hydrogens (tertiary/aromatic N) is 3. The minimum absolute atomic E-state index is 0.110. The Balaban J connectivity index is 1.39. The van der Waals surface area contributed by atoms with Gasteiger partial charge in [0.15, 0.2) is 0 Å². The molecule has 0 aromatic heterocycles. The molecule has 0 bridgehead atoms. The van der Waals surface area contributed by atoms with Gasteiger partial charge in [-0.25, -0.2) is 0 Å². The molecule has 28 heavy (non-hydrogen) atoms. The van der Waals surface area contributed by atoms with E-state index in [9.17, 15) is 9.90 Å². The van der Waals surface area contributed by atoms with Crippen molar-refractivity contribution in [3.63, 3.8) is 0 Å². The first kappa shape index (κ1) is 18.8. The number of hydrogen-bond donors (Lipinski definition) is 1. The van der Waals surface area contributed by atoms with E-state index in [-0.39, 0.29) is 5.91 Å². The molecule has 148 valence electrons. The highest BCUT2D eigenvalue weighted by Crippen LogP contribution is 2.24. The highest BCUT2D eigenvalue weighted by molar-refractivity contribution is 6.00. The average molecular weight is 381 g/mol. The number of amides is 1. The second-order valence-corrected chi connectivity index (χ2v) is 7.35. The zero-order valence-corrected chi connectivity index (χ0v) is 16.1. The largest absolute Gasteiger partial charge is 0.508 e. The SMILES string of the molecule is O=C(c1ccccc1N1CCOCC1)N1CCN(Cc2cccc(O)c2)CC1. The molecule has 0 saturated carbocycles. The standard InChI is InChI=1S/C22H27N3O3/c26-19-5-3-4-18(16-19)17-23-8-10-25(11-9-23)22(27)20-6-1-2-7-21(20)24-12-14-28-15-13-24/h1-7,16,26H,8-15,17H2. The van der Waals surface area contributed by atoms with Crippen LogP contribution in [0, 0.1) is 0 Å². The third-order valence-corrected chi connectivity index (χ3v) is 5.46. The summed E-state index contributed by atoms with van der Waals surface area (Å²) in [6.07, 6.45) is 0. The van der Waals surface area contributed by atoms with Crippen LogP contribution in [0.15, 0.2) is 48.5 Å². The quantitative estimate of drug-likeness (QED) is 0.880. The number of ether oxygens (including phenoxy) is 1. The summed E-state index contributed by atoms with van der Waals surface area (Å²) in [4.78, 5) is 19.7. The Morgan fingerprint density at radius 1 is 0.929 bits per heavy atom. The fourth-order valence-electron chi connectivity index (χ4n) is 3.93. The van der Waals surface area contributed by atoms with Crippen molar-refractivity contribution in [2.45, 2.75) is 6.54 Å². The number of anilines is 1. The number of aromatic hydroxyl groups is 1. The molecule has 2 heterocycles. The topological polar surface area (TPSA) is 56.2 Å². The summed E-state index contributed by atoms with van der Waals surface area (Å²) in [5.41, 5.74) is 2.89. The maximum absolute atomic E-state index is 13.2. The summed E-state index contributed by atoms with van der Waals surface area (Å²) >= 11 is 0. The lowest BCUT2D eigenvalue weighted by Gasteiger charge is -2.36. The molecule has 1 N–H and O–H groups in total. The Labute approximate surface area is 165 Å². The van der Waals surface area contributed by atoms with Crippen LogP contribution in [-0.2, 0) is 11.3 Å². The monoisotopic (exact) mass is 381 g/mol. The van der Waals surface area contributed by atoms with Gasteiger partial charge in [-0.15, -0.1) is 0 Å². The van der Waals surface area contributed by atoms with Crippen LogP contribution < -0.4 is 4.90 Å². The number of phenols is 1. The molecule has 2 aromatic carbocycles. The molecule has 2 saturated heterocycles. The lowest BCUT2D eigenvalue weighted by molar-refractivity contribution is 0.0628. The van der Waals surface area contributed by atoms with Gasteiger partial charge in [0.05, 0.1) is 18.8 Å². The molecule has 2 aliphatic heterocycles. The maximum atomic E-state index is 13.2. The van der Waals surface area contributed by atoms with Crippen molar-refractivity contribution in [2.75, 3.05) is 57.4 Å². The summed E-state index contributed by atoms with van der Waals surface area (Å²) in [6.45, 7) is 6.95. The van der Waals surface area contributed by atoms with Crippen molar-refractivity contribution >= 4 is 11.6 Å². The van der Waals surface area contributed by atoms with Gasteiger partial charge in [0.2, 0.25) is 0 Å². The molecule has 0 spiro atoms. The number of phenolic OH excluding ortho intramolecular Hbond substituents is 1. The van der Waals surface area contributed by atoms with Crippen LogP contribution in [0.4, 0.5) is 5.69 Å².